The Morgan fingerprint density at radius 3 is 2.12 bits per heavy atom. The molecule has 0 radical (unpaired) electrons. The summed E-state index contributed by atoms with van der Waals surface area (Å²) >= 11 is 0. The van der Waals surface area contributed by atoms with Gasteiger partial charge in [0.1, 0.15) is 5.75 Å². The number of hydrogen-bond acceptors (Lipinski definition) is 2. The van der Waals surface area contributed by atoms with Gasteiger partial charge in [0.15, 0.2) is 5.75 Å². The topological polar surface area (TPSA) is 35.2 Å². The van der Waals surface area contributed by atoms with Gasteiger partial charge in [-0.25, -0.2) is 0 Å². The van der Waals surface area contributed by atoms with E-state index in [-0.39, 0.29) is 0 Å². The van der Waals surface area contributed by atoms with Gasteiger partial charge < -0.3 is 10.5 Å². The maximum Gasteiger partial charge on any atom is 0.150 e. The molecule has 0 aromatic heterocycles. The minimum atomic E-state index is 0.662. The smallest absolute Gasteiger partial charge is 0.150 e. The SMILES string of the molecule is Cc1cc(C)cc(Oc2cc(C)ccc2N)c1. The highest BCUT2D eigenvalue weighted by atomic mass is 16.5. The van der Waals surface area contributed by atoms with E-state index < -0.39 is 0 Å². The Morgan fingerprint density at radius 2 is 1.47 bits per heavy atom. The van der Waals surface area contributed by atoms with Crippen molar-refractivity contribution in [1.82, 2.24) is 0 Å². The van der Waals surface area contributed by atoms with Crippen molar-refractivity contribution >= 4 is 5.69 Å². The first-order valence-electron chi connectivity index (χ1n) is 5.67. The Balaban J connectivity index is 2.34. The molecule has 2 rings (SSSR count). The van der Waals surface area contributed by atoms with Crippen molar-refractivity contribution in [3.8, 4) is 11.5 Å². The van der Waals surface area contributed by atoms with Crippen LogP contribution in [0.4, 0.5) is 5.69 Å². The predicted molar refractivity (Wildman–Crippen MR) is 71.6 cm³/mol. The van der Waals surface area contributed by atoms with Gasteiger partial charge in [-0.3, -0.25) is 0 Å². The molecule has 0 aliphatic rings. The molecular weight excluding hydrogens is 210 g/mol. The van der Waals surface area contributed by atoms with Crippen molar-refractivity contribution in [1.29, 1.82) is 0 Å². The van der Waals surface area contributed by atoms with Gasteiger partial charge in [-0.15, -0.1) is 0 Å². The fraction of sp³-hybridized carbons (Fsp3) is 0.200. The number of nitrogens with two attached hydrogens (primary N) is 1. The lowest BCUT2D eigenvalue weighted by Crippen LogP contribution is -1.93. The quantitative estimate of drug-likeness (QED) is 0.787. The fourth-order valence-corrected chi connectivity index (χ4v) is 1.85. The van der Waals surface area contributed by atoms with E-state index in [0.29, 0.717) is 5.69 Å². The summed E-state index contributed by atoms with van der Waals surface area (Å²) in [6.45, 7) is 6.13. The molecule has 0 saturated carbocycles. The average molecular weight is 227 g/mol. The third-order valence-electron chi connectivity index (χ3n) is 2.59. The molecule has 2 aromatic carbocycles. The van der Waals surface area contributed by atoms with Crippen LogP contribution in [0.25, 0.3) is 0 Å². The number of anilines is 1. The van der Waals surface area contributed by atoms with Gasteiger partial charge >= 0.3 is 0 Å². The summed E-state index contributed by atoms with van der Waals surface area (Å²) < 4.78 is 5.83. The molecule has 2 nitrogen and oxygen atoms in total. The molecule has 2 heteroatoms. The molecule has 0 amide bonds. The summed E-state index contributed by atoms with van der Waals surface area (Å²) in [6.07, 6.45) is 0. The zero-order chi connectivity index (χ0) is 12.4. The highest BCUT2D eigenvalue weighted by Crippen LogP contribution is 2.29. The molecule has 0 fully saturated rings. The largest absolute Gasteiger partial charge is 0.455 e. The van der Waals surface area contributed by atoms with Crippen molar-refractivity contribution in [2.45, 2.75) is 20.8 Å². The van der Waals surface area contributed by atoms with Crippen LogP contribution in [-0.2, 0) is 0 Å². The first-order chi connectivity index (χ1) is 8.04. The lowest BCUT2D eigenvalue weighted by atomic mass is 10.1. The van der Waals surface area contributed by atoms with E-state index in [1.807, 2.05) is 37.3 Å². The maximum absolute atomic E-state index is 5.89. The van der Waals surface area contributed by atoms with Crippen LogP contribution in [0.5, 0.6) is 11.5 Å². The van der Waals surface area contributed by atoms with E-state index in [1.54, 1.807) is 0 Å². The predicted octanol–water partition coefficient (Wildman–Crippen LogP) is 3.99. The molecule has 0 unspecified atom stereocenters. The second-order valence-electron chi connectivity index (χ2n) is 4.47. The Kier molecular flexibility index (Phi) is 3.05. The highest BCUT2D eigenvalue weighted by molar-refractivity contribution is 5.55. The van der Waals surface area contributed by atoms with Gasteiger partial charge in [0, 0.05) is 0 Å². The zero-order valence-electron chi connectivity index (χ0n) is 10.4. The minimum Gasteiger partial charge on any atom is -0.455 e. The number of hydrogen-bond donors (Lipinski definition) is 1. The fourth-order valence-electron chi connectivity index (χ4n) is 1.85. The van der Waals surface area contributed by atoms with E-state index in [2.05, 4.69) is 19.9 Å². The summed E-state index contributed by atoms with van der Waals surface area (Å²) in [5.41, 5.74) is 10.1. The monoisotopic (exact) mass is 227 g/mol. The van der Waals surface area contributed by atoms with Crippen LogP contribution in [0.1, 0.15) is 16.7 Å². The van der Waals surface area contributed by atoms with Gasteiger partial charge in [-0.1, -0.05) is 12.1 Å². The van der Waals surface area contributed by atoms with Gasteiger partial charge in [0.2, 0.25) is 0 Å². The Bertz CT molecular complexity index is 526. The standard InChI is InChI=1S/C15H17NO/c1-10-4-5-14(16)15(9-10)17-13-7-11(2)6-12(3)8-13/h4-9H,16H2,1-3H3. The molecule has 0 atom stereocenters. The van der Waals surface area contributed by atoms with Crippen LogP contribution >= 0.6 is 0 Å². The molecule has 0 saturated heterocycles. The molecule has 0 spiro atoms. The third-order valence-corrected chi connectivity index (χ3v) is 2.59. The lowest BCUT2D eigenvalue weighted by Gasteiger charge is -2.10. The second kappa shape index (κ2) is 4.50. The lowest BCUT2D eigenvalue weighted by molar-refractivity contribution is 0.484. The van der Waals surface area contributed by atoms with Gasteiger partial charge in [-0.05, 0) is 61.7 Å². The van der Waals surface area contributed by atoms with Gasteiger partial charge in [-0.2, -0.15) is 0 Å². The Morgan fingerprint density at radius 1 is 0.824 bits per heavy atom. The van der Waals surface area contributed by atoms with Crippen molar-refractivity contribution in [2.75, 3.05) is 5.73 Å². The number of aryl methyl sites for hydroxylation is 3. The van der Waals surface area contributed by atoms with Crippen LogP contribution in [0, 0.1) is 20.8 Å². The van der Waals surface area contributed by atoms with Crippen LogP contribution in [0.15, 0.2) is 36.4 Å². The van der Waals surface area contributed by atoms with Crippen molar-refractivity contribution in [2.24, 2.45) is 0 Å². The number of benzene rings is 2. The van der Waals surface area contributed by atoms with Crippen LogP contribution in [-0.4, -0.2) is 0 Å². The highest BCUT2D eigenvalue weighted by Gasteiger charge is 2.03. The van der Waals surface area contributed by atoms with Crippen LogP contribution < -0.4 is 10.5 Å². The third kappa shape index (κ3) is 2.78. The van der Waals surface area contributed by atoms with E-state index in [4.69, 9.17) is 10.5 Å². The van der Waals surface area contributed by atoms with Crippen molar-refractivity contribution in [3.63, 3.8) is 0 Å². The summed E-state index contributed by atoms with van der Waals surface area (Å²) in [6, 6.07) is 11.9. The number of ether oxygens (including phenoxy) is 1. The second-order valence-corrected chi connectivity index (χ2v) is 4.47. The van der Waals surface area contributed by atoms with Crippen LogP contribution in [0.3, 0.4) is 0 Å². The molecule has 0 bridgehead atoms. The normalized spacial score (nSPS) is 10.3. The molecule has 0 heterocycles. The van der Waals surface area contributed by atoms with E-state index in [0.717, 1.165) is 17.1 Å². The average Bonchev–Trinajstić information content (AvgIpc) is 2.22. The zero-order valence-corrected chi connectivity index (χ0v) is 10.4. The molecule has 0 aliphatic heterocycles. The number of nitrogen functional groups attached to an aromatic ring is 1. The Hall–Kier alpha value is -1.96. The maximum atomic E-state index is 5.89. The minimum absolute atomic E-state index is 0.662. The summed E-state index contributed by atoms with van der Waals surface area (Å²) in [4.78, 5) is 0. The first kappa shape index (κ1) is 11.5. The van der Waals surface area contributed by atoms with E-state index in [1.165, 1.54) is 11.1 Å². The summed E-state index contributed by atoms with van der Waals surface area (Å²) in [5.74, 6) is 1.55. The summed E-state index contributed by atoms with van der Waals surface area (Å²) in [5, 5.41) is 0. The van der Waals surface area contributed by atoms with E-state index >= 15 is 0 Å². The van der Waals surface area contributed by atoms with E-state index in [9.17, 15) is 0 Å². The number of rotatable bonds is 2. The molecule has 17 heavy (non-hydrogen) atoms. The molecular formula is C15H17NO. The first-order valence-corrected chi connectivity index (χ1v) is 5.67. The van der Waals surface area contributed by atoms with Gasteiger partial charge in [0.05, 0.1) is 5.69 Å². The molecule has 2 N–H and O–H groups in total. The Labute approximate surface area is 102 Å². The summed E-state index contributed by atoms with van der Waals surface area (Å²) in [7, 11) is 0. The van der Waals surface area contributed by atoms with Crippen molar-refractivity contribution in [3.05, 3.63) is 53.1 Å². The van der Waals surface area contributed by atoms with Crippen LogP contribution in [0.2, 0.25) is 0 Å². The van der Waals surface area contributed by atoms with Gasteiger partial charge in [0.25, 0.3) is 0 Å². The molecule has 88 valence electrons. The molecule has 2 aromatic rings. The molecule has 0 aliphatic carbocycles. The van der Waals surface area contributed by atoms with Crippen molar-refractivity contribution < 1.29 is 4.74 Å².